The van der Waals surface area contributed by atoms with Crippen molar-refractivity contribution in [2.45, 2.75) is 40.0 Å². The standard InChI is InChI=1S/C13H19N3S2/c1-5-9-11(18-12(15-9)8(3)4)10-7-17-13(16-10)14-6-2/h7-8H,5-6H2,1-4H3,(H,14,16). The van der Waals surface area contributed by atoms with E-state index in [1.807, 2.05) is 0 Å². The monoisotopic (exact) mass is 281 g/mol. The molecule has 0 spiro atoms. The molecule has 0 atom stereocenters. The van der Waals surface area contributed by atoms with Crippen molar-refractivity contribution in [3.63, 3.8) is 0 Å². The second-order valence-corrected chi connectivity index (χ2v) is 6.29. The number of hydrogen-bond acceptors (Lipinski definition) is 5. The minimum atomic E-state index is 0.487. The van der Waals surface area contributed by atoms with Crippen molar-refractivity contribution in [2.24, 2.45) is 0 Å². The zero-order valence-electron chi connectivity index (χ0n) is 11.3. The molecule has 0 aromatic carbocycles. The molecule has 0 amide bonds. The van der Waals surface area contributed by atoms with Crippen molar-refractivity contribution < 1.29 is 0 Å². The van der Waals surface area contributed by atoms with Crippen LogP contribution in [0.3, 0.4) is 0 Å². The average Bonchev–Trinajstić information content (AvgIpc) is 2.94. The number of thiazole rings is 2. The third kappa shape index (κ3) is 2.72. The number of hydrogen-bond donors (Lipinski definition) is 1. The molecule has 98 valence electrons. The second kappa shape index (κ2) is 5.80. The lowest BCUT2D eigenvalue weighted by Gasteiger charge is -1.96. The number of anilines is 1. The van der Waals surface area contributed by atoms with Crippen LogP contribution in [0.15, 0.2) is 5.38 Å². The van der Waals surface area contributed by atoms with Gasteiger partial charge in [0.05, 0.1) is 21.3 Å². The lowest BCUT2D eigenvalue weighted by molar-refractivity contribution is 0.840. The largest absolute Gasteiger partial charge is 0.362 e. The van der Waals surface area contributed by atoms with Gasteiger partial charge in [0.1, 0.15) is 0 Å². The zero-order valence-corrected chi connectivity index (χ0v) is 12.9. The van der Waals surface area contributed by atoms with E-state index in [0.29, 0.717) is 5.92 Å². The first kappa shape index (κ1) is 13.5. The van der Waals surface area contributed by atoms with Crippen molar-refractivity contribution in [2.75, 3.05) is 11.9 Å². The van der Waals surface area contributed by atoms with Gasteiger partial charge >= 0.3 is 0 Å². The lowest BCUT2D eigenvalue weighted by atomic mass is 10.2. The van der Waals surface area contributed by atoms with Gasteiger partial charge in [0.25, 0.3) is 0 Å². The highest BCUT2D eigenvalue weighted by atomic mass is 32.1. The van der Waals surface area contributed by atoms with Gasteiger partial charge in [0, 0.05) is 17.8 Å². The van der Waals surface area contributed by atoms with Gasteiger partial charge in [-0.2, -0.15) is 0 Å². The molecule has 0 aliphatic carbocycles. The van der Waals surface area contributed by atoms with Gasteiger partial charge in [-0.05, 0) is 13.3 Å². The molecular formula is C13H19N3S2. The molecule has 0 fully saturated rings. The van der Waals surface area contributed by atoms with Crippen LogP contribution in [0.4, 0.5) is 5.13 Å². The fourth-order valence-electron chi connectivity index (χ4n) is 1.67. The van der Waals surface area contributed by atoms with E-state index in [2.05, 4.69) is 43.4 Å². The summed E-state index contributed by atoms with van der Waals surface area (Å²) >= 11 is 3.44. The number of nitrogens with one attached hydrogen (secondary N) is 1. The van der Waals surface area contributed by atoms with Gasteiger partial charge in [-0.1, -0.05) is 20.8 Å². The molecule has 0 aliphatic heterocycles. The van der Waals surface area contributed by atoms with Gasteiger partial charge in [-0.15, -0.1) is 22.7 Å². The first-order valence-electron chi connectivity index (χ1n) is 6.35. The molecule has 18 heavy (non-hydrogen) atoms. The predicted octanol–water partition coefficient (Wildman–Crippen LogP) is 4.38. The van der Waals surface area contributed by atoms with E-state index in [9.17, 15) is 0 Å². The van der Waals surface area contributed by atoms with Crippen molar-refractivity contribution in [1.29, 1.82) is 0 Å². The summed E-state index contributed by atoms with van der Waals surface area (Å²) in [4.78, 5) is 10.6. The van der Waals surface area contributed by atoms with Crippen molar-refractivity contribution in [3.05, 3.63) is 16.1 Å². The summed E-state index contributed by atoms with van der Waals surface area (Å²) in [6, 6.07) is 0. The molecule has 1 N–H and O–H groups in total. The Balaban J connectivity index is 2.35. The Hall–Kier alpha value is -0.940. The Bertz CT molecular complexity index is 514. The maximum atomic E-state index is 4.72. The molecule has 0 saturated heterocycles. The summed E-state index contributed by atoms with van der Waals surface area (Å²) in [5, 5.41) is 7.58. The molecule has 0 radical (unpaired) electrons. The van der Waals surface area contributed by atoms with Gasteiger partial charge in [-0.25, -0.2) is 9.97 Å². The van der Waals surface area contributed by atoms with Gasteiger partial charge in [0.15, 0.2) is 5.13 Å². The second-order valence-electron chi connectivity index (χ2n) is 4.40. The van der Waals surface area contributed by atoms with Gasteiger partial charge in [0.2, 0.25) is 0 Å². The van der Waals surface area contributed by atoms with Crippen LogP contribution < -0.4 is 5.32 Å². The molecule has 0 unspecified atom stereocenters. The van der Waals surface area contributed by atoms with Crippen LogP contribution in [-0.4, -0.2) is 16.5 Å². The summed E-state index contributed by atoms with van der Waals surface area (Å²) in [7, 11) is 0. The zero-order chi connectivity index (χ0) is 13.1. The minimum Gasteiger partial charge on any atom is -0.362 e. The number of aromatic nitrogens is 2. The SMILES string of the molecule is CCNc1nc(-c2sc(C(C)C)nc2CC)cs1. The van der Waals surface area contributed by atoms with E-state index >= 15 is 0 Å². The van der Waals surface area contributed by atoms with Crippen molar-refractivity contribution in [1.82, 2.24) is 9.97 Å². The van der Waals surface area contributed by atoms with Crippen molar-refractivity contribution in [3.8, 4) is 10.6 Å². The Morgan fingerprint density at radius 1 is 1.28 bits per heavy atom. The fraction of sp³-hybridized carbons (Fsp3) is 0.538. The molecule has 3 nitrogen and oxygen atoms in total. The van der Waals surface area contributed by atoms with Crippen LogP contribution in [-0.2, 0) is 6.42 Å². The van der Waals surface area contributed by atoms with Crippen LogP contribution >= 0.6 is 22.7 Å². The van der Waals surface area contributed by atoms with Crippen LogP contribution in [0, 0.1) is 0 Å². The van der Waals surface area contributed by atoms with Crippen LogP contribution in [0.5, 0.6) is 0 Å². The molecule has 0 saturated carbocycles. The Morgan fingerprint density at radius 2 is 2.06 bits per heavy atom. The predicted molar refractivity (Wildman–Crippen MR) is 80.9 cm³/mol. The summed E-state index contributed by atoms with van der Waals surface area (Å²) in [5.41, 5.74) is 2.24. The highest BCUT2D eigenvalue weighted by Gasteiger charge is 2.16. The van der Waals surface area contributed by atoms with E-state index in [1.54, 1.807) is 22.7 Å². The maximum Gasteiger partial charge on any atom is 0.183 e. The third-order valence-corrected chi connectivity index (χ3v) is 4.83. The van der Waals surface area contributed by atoms with Crippen LogP contribution in [0.1, 0.15) is 44.3 Å². The highest BCUT2D eigenvalue weighted by molar-refractivity contribution is 7.17. The Kier molecular flexibility index (Phi) is 4.35. The quantitative estimate of drug-likeness (QED) is 0.883. The minimum absolute atomic E-state index is 0.487. The molecule has 2 aromatic rings. The highest BCUT2D eigenvalue weighted by Crippen LogP contribution is 2.35. The smallest absolute Gasteiger partial charge is 0.183 e. The lowest BCUT2D eigenvalue weighted by Crippen LogP contribution is -1.95. The summed E-state index contributed by atoms with van der Waals surface area (Å²) < 4.78 is 0. The van der Waals surface area contributed by atoms with E-state index in [1.165, 1.54) is 15.6 Å². The molecule has 5 heteroatoms. The molecule has 0 bridgehead atoms. The van der Waals surface area contributed by atoms with Gasteiger partial charge in [-0.3, -0.25) is 0 Å². The summed E-state index contributed by atoms with van der Waals surface area (Å²) in [5.74, 6) is 0.487. The van der Waals surface area contributed by atoms with Gasteiger partial charge < -0.3 is 5.32 Å². The normalized spacial score (nSPS) is 11.2. The Labute approximate surface area is 116 Å². The fourth-order valence-corrected chi connectivity index (χ4v) is 3.63. The molecule has 0 aliphatic rings. The Morgan fingerprint density at radius 3 is 2.67 bits per heavy atom. The summed E-state index contributed by atoms with van der Waals surface area (Å²) in [6.45, 7) is 9.52. The first-order valence-corrected chi connectivity index (χ1v) is 8.04. The number of nitrogens with zero attached hydrogens (tertiary/aromatic N) is 2. The molecular weight excluding hydrogens is 262 g/mol. The van der Waals surface area contributed by atoms with Crippen molar-refractivity contribution >= 4 is 27.8 Å². The third-order valence-electron chi connectivity index (χ3n) is 2.61. The van der Waals surface area contributed by atoms with E-state index < -0.39 is 0 Å². The molecule has 2 rings (SSSR count). The van der Waals surface area contributed by atoms with Crippen LogP contribution in [0.25, 0.3) is 10.6 Å². The van der Waals surface area contributed by atoms with Crippen LogP contribution in [0.2, 0.25) is 0 Å². The van der Waals surface area contributed by atoms with E-state index in [-0.39, 0.29) is 0 Å². The molecule has 2 aromatic heterocycles. The van der Waals surface area contributed by atoms with E-state index in [4.69, 9.17) is 4.98 Å². The first-order chi connectivity index (χ1) is 8.65. The number of rotatable bonds is 5. The number of aryl methyl sites for hydroxylation is 1. The summed E-state index contributed by atoms with van der Waals surface area (Å²) in [6.07, 6.45) is 0.965. The maximum absolute atomic E-state index is 4.72. The van der Waals surface area contributed by atoms with E-state index in [0.717, 1.165) is 23.8 Å². The molecule has 2 heterocycles. The topological polar surface area (TPSA) is 37.8 Å². The average molecular weight is 281 g/mol.